The van der Waals surface area contributed by atoms with Crippen LogP contribution in [0.3, 0.4) is 0 Å². The van der Waals surface area contributed by atoms with Crippen molar-refractivity contribution in [1.29, 1.82) is 0 Å². The van der Waals surface area contributed by atoms with Crippen molar-refractivity contribution in [2.75, 3.05) is 26.2 Å². The summed E-state index contributed by atoms with van der Waals surface area (Å²) in [6, 6.07) is 14.0. The first kappa shape index (κ1) is 19.5. The summed E-state index contributed by atoms with van der Waals surface area (Å²) in [4.78, 5) is 15.2. The number of aryl methyl sites for hydroxylation is 2. The smallest absolute Gasteiger partial charge is 0.187 e. The molecular formula is C25H28N2O2. The highest BCUT2D eigenvalue weighted by atomic mass is 16.5. The minimum Gasteiger partial charge on any atom is -0.492 e. The standard InChI is InChI=1S/C25H28N2O2/c1-19-17-22(18-20(2)25(19)29-16-15-26-11-5-6-12-26)24(28)10-14-27-13-9-21-7-3-4-8-23(21)27/h3-4,7-10,13-14,17-18H,5-6,11-12,15-16H2,1-2H3/b14-10+. The number of hydrogen-bond acceptors (Lipinski definition) is 3. The van der Waals surface area contributed by atoms with Gasteiger partial charge in [0.15, 0.2) is 5.78 Å². The summed E-state index contributed by atoms with van der Waals surface area (Å²) in [6.45, 7) is 8.04. The van der Waals surface area contributed by atoms with E-state index < -0.39 is 0 Å². The number of hydrogen-bond donors (Lipinski definition) is 0. The second-order valence-corrected chi connectivity index (χ2v) is 7.80. The Morgan fingerprint density at radius 1 is 1.07 bits per heavy atom. The van der Waals surface area contributed by atoms with E-state index in [2.05, 4.69) is 11.0 Å². The molecule has 29 heavy (non-hydrogen) atoms. The summed E-state index contributed by atoms with van der Waals surface area (Å²) in [5, 5.41) is 1.16. The van der Waals surface area contributed by atoms with E-state index in [0.717, 1.165) is 34.3 Å². The lowest BCUT2D eigenvalue weighted by molar-refractivity contribution is 0.104. The van der Waals surface area contributed by atoms with Crippen LogP contribution in [-0.4, -0.2) is 41.5 Å². The number of allylic oxidation sites excluding steroid dienone is 1. The molecular weight excluding hydrogens is 360 g/mol. The number of carbonyl (C=O) groups excluding carboxylic acids is 1. The van der Waals surface area contributed by atoms with Crippen molar-refractivity contribution in [2.45, 2.75) is 26.7 Å². The molecule has 150 valence electrons. The predicted molar refractivity (Wildman–Crippen MR) is 119 cm³/mol. The van der Waals surface area contributed by atoms with Crippen LogP contribution in [0.15, 0.2) is 54.7 Å². The molecule has 2 aromatic carbocycles. The molecule has 0 amide bonds. The first-order chi connectivity index (χ1) is 14.1. The van der Waals surface area contributed by atoms with E-state index in [1.807, 2.05) is 67.2 Å². The molecule has 0 aliphatic carbocycles. The van der Waals surface area contributed by atoms with Crippen LogP contribution < -0.4 is 4.74 Å². The zero-order valence-corrected chi connectivity index (χ0v) is 17.2. The van der Waals surface area contributed by atoms with Crippen LogP contribution in [-0.2, 0) is 0 Å². The van der Waals surface area contributed by atoms with Gasteiger partial charge >= 0.3 is 0 Å². The molecule has 1 aliphatic rings. The molecule has 3 aromatic rings. The predicted octanol–water partition coefficient (Wildman–Crippen LogP) is 5.09. The molecule has 2 heterocycles. The van der Waals surface area contributed by atoms with Gasteiger partial charge in [0.05, 0.1) is 5.52 Å². The zero-order valence-electron chi connectivity index (χ0n) is 17.2. The van der Waals surface area contributed by atoms with Crippen LogP contribution in [0.25, 0.3) is 17.1 Å². The summed E-state index contributed by atoms with van der Waals surface area (Å²) in [5.74, 6) is 0.902. The Balaban J connectivity index is 1.44. The average molecular weight is 389 g/mol. The molecule has 0 atom stereocenters. The van der Waals surface area contributed by atoms with Crippen LogP contribution in [0.2, 0.25) is 0 Å². The summed E-state index contributed by atoms with van der Waals surface area (Å²) in [5.41, 5.74) is 3.80. The number of aromatic nitrogens is 1. The fourth-order valence-corrected chi connectivity index (χ4v) is 4.08. The van der Waals surface area contributed by atoms with Gasteiger partial charge in [-0.25, -0.2) is 0 Å². The van der Waals surface area contributed by atoms with Crippen LogP contribution in [0.5, 0.6) is 5.75 Å². The van der Waals surface area contributed by atoms with Gasteiger partial charge in [-0.3, -0.25) is 9.69 Å². The van der Waals surface area contributed by atoms with E-state index >= 15 is 0 Å². The Labute approximate surface area is 172 Å². The van der Waals surface area contributed by atoms with E-state index in [1.54, 1.807) is 6.08 Å². The SMILES string of the molecule is Cc1cc(C(=O)/C=C/n2ccc3ccccc32)cc(C)c1OCCN1CCCC1. The number of nitrogens with zero attached hydrogens (tertiary/aromatic N) is 2. The van der Waals surface area contributed by atoms with E-state index in [1.165, 1.54) is 25.9 Å². The van der Waals surface area contributed by atoms with E-state index in [-0.39, 0.29) is 5.78 Å². The molecule has 4 rings (SSSR count). The van der Waals surface area contributed by atoms with Gasteiger partial charge in [0.2, 0.25) is 0 Å². The maximum atomic E-state index is 12.7. The average Bonchev–Trinajstić information content (AvgIpc) is 3.38. The van der Waals surface area contributed by atoms with Crippen molar-refractivity contribution in [1.82, 2.24) is 9.47 Å². The van der Waals surface area contributed by atoms with Crippen molar-refractivity contribution in [3.8, 4) is 5.75 Å². The van der Waals surface area contributed by atoms with Gasteiger partial charge in [-0.05, 0) is 80.6 Å². The number of fused-ring (bicyclic) bond motifs is 1. The van der Waals surface area contributed by atoms with Crippen molar-refractivity contribution in [3.63, 3.8) is 0 Å². The molecule has 0 unspecified atom stereocenters. The number of ether oxygens (including phenoxy) is 1. The summed E-state index contributed by atoms with van der Waals surface area (Å²) < 4.78 is 8.03. The van der Waals surface area contributed by atoms with E-state index in [0.29, 0.717) is 12.2 Å². The van der Waals surface area contributed by atoms with E-state index in [9.17, 15) is 4.79 Å². The van der Waals surface area contributed by atoms with Crippen molar-refractivity contribution in [2.24, 2.45) is 0 Å². The quantitative estimate of drug-likeness (QED) is 0.418. The van der Waals surface area contributed by atoms with Gasteiger partial charge in [0.1, 0.15) is 12.4 Å². The minimum atomic E-state index is -0.00222. The molecule has 0 bridgehead atoms. The number of rotatable bonds is 7. The number of carbonyl (C=O) groups is 1. The Kier molecular flexibility index (Phi) is 5.81. The maximum absolute atomic E-state index is 12.7. The molecule has 1 aromatic heterocycles. The third kappa shape index (κ3) is 4.43. The summed E-state index contributed by atoms with van der Waals surface area (Å²) in [7, 11) is 0. The van der Waals surface area contributed by atoms with Crippen LogP contribution in [0.1, 0.15) is 34.3 Å². The minimum absolute atomic E-state index is 0.00222. The Bertz CT molecular complexity index is 1020. The Morgan fingerprint density at radius 2 is 1.79 bits per heavy atom. The molecule has 0 radical (unpaired) electrons. The highest BCUT2D eigenvalue weighted by molar-refractivity contribution is 6.06. The van der Waals surface area contributed by atoms with Gasteiger partial charge < -0.3 is 9.30 Å². The van der Waals surface area contributed by atoms with Crippen molar-refractivity contribution < 1.29 is 9.53 Å². The van der Waals surface area contributed by atoms with Gasteiger partial charge in [0, 0.05) is 30.6 Å². The van der Waals surface area contributed by atoms with Crippen LogP contribution in [0.4, 0.5) is 0 Å². The fourth-order valence-electron chi connectivity index (χ4n) is 4.08. The van der Waals surface area contributed by atoms with Crippen molar-refractivity contribution in [3.05, 3.63) is 71.4 Å². The molecule has 1 fully saturated rings. The fraction of sp³-hybridized carbons (Fsp3) is 0.320. The number of ketones is 1. The Hall–Kier alpha value is -2.85. The second kappa shape index (κ2) is 8.66. The second-order valence-electron chi connectivity index (χ2n) is 7.80. The summed E-state index contributed by atoms with van der Waals surface area (Å²) >= 11 is 0. The number of para-hydroxylation sites is 1. The maximum Gasteiger partial charge on any atom is 0.187 e. The lowest BCUT2D eigenvalue weighted by Gasteiger charge is -2.17. The molecule has 0 saturated carbocycles. The van der Waals surface area contributed by atoms with Crippen LogP contribution >= 0.6 is 0 Å². The molecule has 4 heteroatoms. The van der Waals surface area contributed by atoms with Gasteiger partial charge in [-0.15, -0.1) is 0 Å². The topological polar surface area (TPSA) is 34.5 Å². The normalized spacial score (nSPS) is 14.8. The van der Waals surface area contributed by atoms with Gasteiger partial charge in [0.25, 0.3) is 0 Å². The molecule has 0 N–H and O–H groups in total. The molecule has 1 aliphatic heterocycles. The summed E-state index contributed by atoms with van der Waals surface area (Å²) in [6.07, 6.45) is 8.02. The third-order valence-electron chi connectivity index (χ3n) is 5.61. The highest BCUT2D eigenvalue weighted by Crippen LogP contribution is 2.25. The van der Waals surface area contributed by atoms with E-state index in [4.69, 9.17) is 4.74 Å². The zero-order chi connectivity index (χ0) is 20.2. The number of likely N-dealkylation sites (tertiary alicyclic amines) is 1. The lowest BCUT2D eigenvalue weighted by Crippen LogP contribution is -2.25. The van der Waals surface area contributed by atoms with Gasteiger partial charge in [-0.1, -0.05) is 18.2 Å². The first-order valence-electron chi connectivity index (χ1n) is 10.4. The third-order valence-corrected chi connectivity index (χ3v) is 5.61. The Morgan fingerprint density at radius 3 is 2.55 bits per heavy atom. The lowest BCUT2D eigenvalue weighted by atomic mass is 10.0. The van der Waals surface area contributed by atoms with Crippen LogP contribution in [0, 0.1) is 13.8 Å². The van der Waals surface area contributed by atoms with Crippen molar-refractivity contribution >= 4 is 22.9 Å². The molecule has 1 saturated heterocycles. The molecule has 4 nitrogen and oxygen atoms in total. The highest BCUT2D eigenvalue weighted by Gasteiger charge is 2.13. The largest absolute Gasteiger partial charge is 0.492 e. The van der Waals surface area contributed by atoms with Gasteiger partial charge in [-0.2, -0.15) is 0 Å². The molecule has 0 spiro atoms. The monoisotopic (exact) mass is 388 g/mol. The first-order valence-corrected chi connectivity index (χ1v) is 10.4. The number of benzene rings is 2.